The van der Waals surface area contributed by atoms with Crippen molar-refractivity contribution < 1.29 is 9.90 Å². The minimum Gasteiger partial charge on any atom is -0.393 e. The van der Waals surface area contributed by atoms with Crippen LogP contribution in [0.15, 0.2) is 23.0 Å². The highest BCUT2D eigenvalue weighted by Gasteiger charge is 2.39. The highest BCUT2D eigenvalue weighted by atomic mass is 16.3. The second kappa shape index (κ2) is 6.02. The highest BCUT2D eigenvalue weighted by Crippen LogP contribution is 2.35. The van der Waals surface area contributed by atoms with Crippen molar-refractivity contribution in [1.29, 1.82) is 0 Å². The van der Waals surface area contributed by atoms with Crippen LogP contribution in [0.5, 0.6) is 0 Å². The van der Waals surface area contributed by atoms with Gasteiger partial charge in [-0.05, 0) is 31.7 Å². The molecule has 3 rings (SSSR count). The van der Waals surface area contributed by atoms with Crippen molar-refractivity contribution in [3.63, 3.8) is 0 Å². The summed E-state index contributed by atoms with van der Waals surface area (Å²) in [4.78, 5) is 28.5. The first-order chi connectivity index (χ1) is 10.2. The highest BCUT2D eigenvalue weighted by molar-refractivity contribution is 5.92. The first kappa shape index (κ1) is 14.3. The third-order valence-electron chi connectivity index (χ3n) is 4.83. The maximum absolute atomic E-state index is 12.6. The van der Waals surface area contributed by atoms with Crippen LogP contribution in [0, 0.1) is 5.92 Å². The number of hydrogen-bond donors (Lipinski definition) is 2. The smallest absolute Gasteiger partial charge is 0.270 e. The van der Waals surface area contributed by atoms with E-state index in [-0.39, 0.29) is 29.5 Å². The quantitative estimate of drug-likeness (QED) is 0.867. The van der Waals surface area contributed by atoms with E-state index in [9.17, 15) is 14.7 Å². The lowest BCUT2D eigenvalue weighted by Crippen LogP contribution is -2.45. The van der Waals surface area contributed by atoms with Gasteiger partial charge in [-0.1, -0.05) is 18.9 Å². The molecule has 1 amide bonds. The summed E-state index contributed by atoms with van der Waals surface area (Å²) in [6, 6.07) is 4.77. The molecule has 1 aromatic heterocycles. The lowest BCUT2D eigenvalue weighted by molar-refractivity contribution is 0.0209. The van der Waals surface area contributed by atoms with Gasteiger partial charge in [0.1, 0.15) is 5.69 Å². The van der Waals surface area contributed by atoms with Gasteiger partial charge in [0.2, 0.25) is 5.56 Å². The lowest BCUT2D eigenvalue weighted by atomic mass is 9.80. The normalized spacial score (nSPS) is 29.6. The lowest BCUT2D eigenvalue weighted by Gasteiger charge is -2.37. The maximum Gasteiger partial charge on any atom is 0.270 e. The summed E-state index contributed by atoms with van der Waals surface area (Å²) in [6.07, 6.45) is 5.65. The van der Waals surface area contributed by atoms with E-state index in [0.717, 1.165) is 38.5 Å². The molecule has 0 bridgehead atoms. The van der Waals surface area contributed by atoms with Gasteiger partial charge in [-0.15, -0.1) is 0 Å². The van der Waals surface area contributed by atoms with Crippen molar-refractivity contribution in [2.45, 2.75) is 50.7 Å². The summed E-state index contributed by atoms with van der Waals surface area (Å²) in [5.74, 6) is 0.0635. The minimum atomic E-state index is -0.299. The predicted molar refractivity (Wildman–Crippen MR) is 79.1 cm³/mol. The Morgan fingerprint density at radius 1 is 1.19 bits per heavy atom. The molecule has 1 aromatic rings. The summed E-state index contributed by atoms with van der Waals surface area (Å²) in [6.45, 7) is 0.712. The molecular formula is C16H22N2O3. The molecule has 2 heterocycles. The van der Waals surface area contributed by atoms with E-state index in [1.165, 1.54) is 6.07 Å². The fraction of sp³-hybridized carbons (Fsp3) is 0.625. The molecule has 5 nitrogen and oxygen atoms in total. The Balaban J connectivity index is 1.80. The first-order valence-electron chi connectivity index (χ1n) is 7.85. The van der Waals surface area contributed by atoms with Crippen LogP contribution in [0.2, 0.25) is 0 Å². The molecule has 2 N–H and O–H groups in total. The maximum atomic E-state index is 12.6. The van der Waals surface area contributed by atoms with Crippen LogP contribution in [-0.4, -0.2) is 39.6 Å². The SMILES string of the molecule is O=C(c1cccc(=O)[nH]1)N1CCCC1C1CCCCC1O. The topological polar surface area (TPSA) is 73.4 Å². The number of hydrogen-bond acceptors (Lipinski definition) is 3. The second-order valence-corrected chi connectivity index (χ2v) is 6.15. The van der Waals surface area contributed by atoms with Crippen LogP contribution >= 0.6 is 0 Å². The number of amides is 1. The van der Waals surface area contributed by atoms with Gasteiger partial charge in [-0.2, -0.15) is 0 Å². The van der Waals surface area contributed by atoms with Gasteiger partial charge >= 0.3 is 0 Å². The number of carbonyl (C=O) groups excluding carboxylic acids is 1. The zero-order valence-corrected chi connectivity index (χ0v) is 12.1. The summed E-state index contributed by atoms with van der Waals surface area (Å²) >= 11 is 0. The molecule has 114 valence electrons. The van der Waals surface area contributed by atoms with Crippen LogP contribution in [0.1, 0.15) is 49.0 Å². The number of carbonyl (C=O) groups is 1. The van der Waals surface area contributed by atoms with Crippen LogP contribution in [0.25, 0.3) is 0 Å². The molecule has 3 unspecified atom stereocenters. The molecule has 2 fully saturated rings. The van der Waals surface area contributed by atoms with Crippen LogP contribution in [-0.2, 0) is 0 Å². The molecule has 1 aliphatic carbocycles. The minimum absolute atomic E-state index is 0.108. The van der Waals surface area contributed by atoms with Crippen LogP contribution < -0.4 is 5.56 Å². The largest absolute Gasteiger partial charge is 0.393 e. The fourth-order valence-electron chi connectivity index (χ4n) is 3.81. The molecule has 0 spiro atoms. The Morgan fingerprint density at radius 2 is 2.00 bits per heavy atom. The number of pyridine rings is 1. The summed E-state index contributed by atoms with van der Waals surface area (Å²) in [5, 5.41) is 10.2. The summed E-state index contributed by atoms with van der Waals surface area (Å²) in [5.41, 5.74) is 0.0917. The Labute approximate surface area is 124 Å². The van der Waals surface area contributed by atoms with Gasteiger partial charge in [-0.25, -0.2) is 0 Å². The zero-order valence-electron chi connectivity index (χ0n) is 12.1. The number of aliphatic hydroxyl groups excluding tert-OH is 1. The van der Waals surface area contributed by atoms with Crippen LogP contribution in [0.3, 0.4) is 0 Å². The number of likely N-dealkylation sites (tertiary alicyclic amines) is 1. The van der Waals surface area contributed by atoms with E-state index in [4.69, 9.17) is 0 Å². The van der Waals surface area contributed by atoms with Crippen LogP contribution in [0.4, 0.5) is 0 Å². The molecular weight excluding hydrogens is 268 g/mol. The Bertz CT molecular complexity index is 569. The van der Waals surface area contributed by atoms with E-state index in [1.807, 2.05) is 4.90 Å². The van der Waals surface area contributed by atoms with E-state index >= 15 is 0 Å². The van der Waals surface area contributed by atoms with Gasteiger partial charge in [0.15, 0.2) is 0 Å². The number of rotatable bonds is 2. The molecule has 1 saturated heterocycles. The van der Waals surface area contributed by atoms with Crippen molar-refractivity contribution in [2.75, 3.05) is 6.54 Å². The number of aromatic amines is 1. The predicted octanol–water partition coefficient (Wildman–Crippen LogP) is 1.53. The summed E-state index contributed by atoms with van der Waals surface area (Å²) < 4.78 is 0. The van der Waals surface area contributed by atoms with Crippen molar-refractivity contribution in [3.8, 4) is 0 Å². The Morgan fingerprint density at radius 3 is 2.76 bits per heavy atom. The number of nitrogens with one attached hydrogen (secondary N) is 1. The van der Waals surface area contributed by atoms with Crippen molar-refractivity contribution in [1.82, 2.24) is 9.88 Å². The zero-order chi connectivity index (χ0) is 14.8. The number of aliphatic hydroxyl groups is 1. The Hall–Kier alpha value is -1.62. The van der Waals surface area contributed by atoms with E-state index < -0.39 is 0 Å². The molecule has 1 saturated carbocycles. The molecule has 0 aromatic carbocycles. The van der Waals surface area contributed by atoms with Gasteiger partial charge in [0.25, 0.3) is 5.91 Å². The van der Waals surface area contributed by atoms with E-state index in [1.54, 1.807) is 12.1 Å². The van der Waals surface area contributed by atoms with E-state index in [0.29, 0.717) is 12.2 Å². The molecule has 1 aliphatic heterocycles. The summed E-state index contributed by atoms with van der Waals surface area (Å²) in [7, 11) is 0. The molecule has 5 heteroatoms. The van der Waals surface area contributed by atoms with Gasteiger partial charge in [-0.3, -0.25) is 9.59 Å². The molecule has 21 heavy (non-hydrogen) atoms. The average Bonchev–Trinajstić information content (AvgIpc) is 2.96. The molecule has 2 aliphatic rings. The number of aromatic nitrogens is 1. The van der Waals surface area contributed by atoms with Gasteiger partial charge in [0.05, 0.1) is 6.10 Å². The number of H-pyrrole nitrogens is 1. The van der Waals surface area contributed by atoms with Gasteiger partial charge in [0, 0.05) is 24.6 Å². The van der Waals surface area contributed by atoms with Crippen molar-refractivity contribution >= 4 is 5.91 Å². The monoisotopic (exact) mass is 290 g/mol. The first-order valence-corrected chi connectivity index (χ1v) is 7.85. The van der Waals surface area contributed by atoms with Crippen molar-refractivity contribution in [3.05, 3.63) is 34.2 Å². The fourth-order valence-corrected chi connectivity index (χ4v) is 3.81. The Kier molecular flexibility index (Phi) is 4.10. The third-order valence-corrected chi connectivity index (χ3v) is 4.83. The molecule has 0 radical (unpaired) electrons. The standard InChI is InChI=1S/C16H22N2O3/c19-14-8-2-1-5-11(14)13-7-4-10-18(13)16(21)12-6-3-9-15(20)17-12/h3,6,9,11,13-14,19H,1-2,4-5,7-8,10H2,(H,17,20). The molecule has 3 atom stereocenters. The van der Waals surface area contributed by atoms with Crippen molar-refractivity contribution in [2.24, 2.45) is 5.92 Å². The average molecular weight is 290 g/mol. The van der Waals surface area contributed by atoms with Gasteiger partial charge < -0.3 is 15.0 Å². The third kappa shape index (κ3) is 2.88. The number of nitrogens with zero attached hydrogens (tertiary/aromatic N) is 1. The second-order valence-electron chi connectivity index (χ2n) is 6.15. The van der Waals surface area contributed by atoms with E-state index in [2.05, 4.69) is 4.98 Å².